The second kappa shape index (κ2) is 27.5. The van der Waals surface area contributed by atoms with Crippen molar-refractivity contribution in [3.05, 3.63) is 165 Å². The topological polar surface area (TPSA) is 0 Å². The standard InChI is InChI=1S/C70H90Br2Si/c1-5-9-13-17-21-31-49-69(50-32-22-18-14-10-6-2)63-53-55(71)45-47-59(63)61-41-35-43-65(67(61)69)73(57-37-27-25-28-38-57,58-39-29-26-30-40-58)66-44-36-42-62-60-48-46-56(72)54-64(60)70(68(62)66,51-33-23-19-15-11-7-3)52-34-24-20-16-12-8-4/h25-30,35-48,53-54H,5-24,31-34,49-52H2,1-4H3. The van der Waals surface area contributed by atoms with Gasteiger partial charge in [0.2, 0.25) is 0 Å². The van der Waals surface area contributed by atoms with Gasteiger partial charge < -0.3 is 0 Å². The van der Waals surface area contributed by atoms with E-state index in [1.165, 1.54) is 221 Å². The first kappa shape index (κ1) is 55.7. The molecule has 0 atom stereocenters. The molecule has 0 heterocycles. The van der Waals surface area contributed by atoms with Crippen molar-refractivity contribution in [1.82, 2.24) is 0 Å². The Balaban J connectivity index is 1.43. The van der Waals surface area contributed by atoms with Crippen molar-refractivity contribution >= 4 is 60.7 Å². The van der Waals surface area contributed by atoms with Crippen molar-refractivity contribution in [3.63, 3.8) is 0 Å². The summed E-state index contributed by atoms with van der Waals surface area (Å²) in [4.78, 5) is 0. The predicted molar refractivity (Wildman–Crippen MR) is 330 cm³/mol. The Morgan fingerprint density at radius 2 is 0.630 bits per heavy atom. The highest BCUT2D eigenvalue weighted by atomic mass is 79.9. The third kappa shape index (κ3) is 12.1. The van der Waals surface area contributed by atoms with Crippen LogP contribution in [0.2, 0.25) is 0 Å². The van der Waals surface area contributed by atoms with Gasteiger partial charge in [0.05, 0.1) is 0 Å². The van der Waals surface area contributed by atoms with Crippen molar-refractivity contribution in [1.29, 1.82) is 0 Å². The molecule has 0 saturated carbocycles. The van der Waals surface area contributed by atoms with E-state index in [1.54, 1.807) is 32.6 Å². The minimum Gasteiger partial charge on any atom is -0.0654 e. The second-order valence-electron chi connectivity index (χ2n) is 22.6. The van der Waals surface area contributed by atoms with E-state index >= 15 is 0 Å². The van der Waals surface area contributed by atoms with E-state index in [2.05, 4.69) is 193 Å². The van der Waals surface area contributed by atoms with Crippen LogP contribution in [0, 0.1) is 0 Å². The number of unbranched alkanes of at least 4 members (excludes halogenated alkanes) is 20. The average molecular weight is 1120 g/mol. The normalized spacial score (nSPS) is 14.0. The lowest BCUT2D eigenvalue weighted by atomic mass is 9.70. The molecule has 0 aliphatic heterocycles. The first-order chi connectivity index (χ1) is 35.9. The Kier molecular flexibility index (Phi) is 21.0. The molecule has 0 unspecified atom stereocenters. The summed E-state index contributed by atoms with van der Waals surface area (Å²) < 4.78 is 2.42. The molecule has 3 heteroatoms. The fourth-order valence-electron chi connectivity index (χ4n) is 14.2. The molecule has 388 valence electrons. The molecule has 0 saturated heterocycles. The number of hydrogen-bond donors (Lipinski definition) is 0. The van der Waals surface area contributed by atoms with E-state index < -0.39 is 8.07 Å². The van der Waals surface area contributed by atoms with Gasteiger partial charge in [-0.05, 0) is 115 Å². The number of benzene rings is 6. The fraction of sp³-hybridized carbons (Fsp3) is 0.486. The molecule has 0 fully saturated rings. The van der Waals surface area contributed by atoms with Crippen LogP contribution < -0.4 is 20.7 Å². The third-order valence-corrected chi connectivity index (χ3v) is 23.5. The van der Waals surface area contributed by atoms with Gasteiger partial charge in [0.1, 0.15) is 0 Å². The van der Waals surface area contributed by atoms with Gasteiger partial charge in [-0.1, -0.05) is 323 Å². The summed E-state index contributed by atoms with van der Waals surface area (Å²) in [5.74, 6) is 0. The molecule has 0 bridgehead atoms. The average Bonchev–Trinajstić information content (AvgIpc) is 3.85. The Morgan fingerprint density at radius 1 is 0.315 bits per heavy atom. The SMILES string of the molecule is CCCCCCCCC1(CCCCCCCC)c2cc(Br)ccc2-c2cccc([Si](c3ccccc3)(c3ccccc3)c3cccc4c3C(CCCCCCCC)(CCCCCCCC)c3cc(Br)ccc3-4)c21. The van der Waals surface area contributed by atoms with Crippen LogP contribution in [0.3, 0.4) is 0 Å². The van der Waals surface area contributed by atoms with Crippen LogP contribution in [0.1, 0.15) is 230 Å². The first-order valence-corrected chi connectivity index (χ1v) is 33.5. The molecule has 0 nitrogen and oxygen atoms in total. The molecule has 2 aliphatic carbocycles. The van der Waals surface area contributed by atoms with Gasteiger partial charge in [-0.2, -0.15) is 0 Å². The highest BCUT2D eigenvalue weighted by Gasteiger charge is 2.54. The van der Waals surface area contributed by atoms with Gasteiger partial charge in [0.15, 0.2) is 8.07 Å². The lowest BCUT2D eigenvalue weighted by molar-refractivity contribution is 0.398. The maximum Gasteiger partial charge on any atom is 0.180 e. The molecular formula is C70H90Br2Si. The van der Waals surface area contributed by atoms with Crippen LogP contribution >= 0.6 is 31.9 Å². The lowest BCUT2D eigenvalue weighted by Crippen LogP contribution is -2.77. The van der Waals surface area contributed by atoms with Gasteiger partial charge in [0, 0.05) is 19.8 Å². The summed E-state index contributed by atoms with van der Waals surface area (Å²) in [7, 11) is -3.18. The molecule has 2 aliphatic rings. The molecule has 6 aromatic carbocycles. The highest BCUT2D eigenvalue weighted by Crippen LogP contribution is 2.57. The van der Waals surface area contributed by atoms with Crippen molar-refractivity contribution in [2.75, 3.05) is 0 Å². The second-order valence-corrected chi connectivity index (χ2v) is 28.1. The van der Waals surface area contributed by atoms with Crippen LogP contribution in [0.25, 0.3) is 22.3 Å². The summed E-state index contributed by atoms with van der Waals surface area (Å²) in [5, 5.41) is 6.28. The minimum absolute atomic E-state index is 0.0950. The van der Waals surface area contributed by atoms with Crippen molar-refractivity contribution in [2.45, 2.75) is 218 Å². The highest BCUT2D eigenvalue weighted by molar-refractivity contribution is 9.10. The van der Waals surface area contributed by atoms with Crippen LogP contribution in [0.15, 0.2) is 142 Å². The smallest absolute Gasteiger partial charge is 0.0654 e. The summed E-state index contributed by atoms with van der Waals surface area (Å²) in [6.45, 7) is 9.40. The Labute approximate surface area is 462 Å². The molecule has 8 rings (SSSR count). The van der Waals surface area contributed by atoms with Crippen molar-refractivity contribution in [2.24, 2.45) is 0 Å². The van der Waals surface area contributed by atoms with E-state index in [9.17, 15) is 0 Å². The van der Waals surface area contributed by atoms with E-state index in [1.807, 2.05) is 0 Å². The molecular weight excluding hydrogens is 1030 g/mol. The Hall–Kier alpha value is -3.50. The van der Waals surface area contributed by atoms with Gasteiger partial charge >= 0.3 is 0 Å². The van der Waals surface area contributed by atoms with Gasteiger partial charge in [0.25, 0.3) is 0 Å². The Morgan fingerprint density at radius 3 is 0.959 bits per heavy atom. The quantitative estimate of drug-likeness (QED) is 0.0224. The van der Waals surface area contributed by atoms with Gasteiger partial charge in [-0.3, -0.25) is 0 Å². The zero-order valence-electron chi connectivity index (χ0n) is 45.8. The third-order valence-electron chi connectivity index (χ3n) is 17.7. The molecule has 0 amide bonds. The zero-order chi connectivity index (χ0) is 50.9. The Bertz CT molecular complexity index is 2410. The van der Waals surface area contributed by atoms with Crippen LogP contribution in [0.5, 0.6) is 0 Å². The van der Waals surface area contributed by atoms with E-state index in [4.69, 9.17) is 0 Å². The van der Waals surface area contributed by atoms with Gasteiger partial charge in [-0.25, -0.2) is 0 Å². The minimum atomic E-state index is -3.18. The molecule has 0 radical (unpaired) electrons. The molecule has 0 aromatic heterocycles. The van der Waals surface area contributed by atoms with Crippen LogP contribution in [-0.4, -0.2) is 8.07 Å². The van der Waals surface area contributed by atoms with E-state index in [-0.39, 0.29) is 10.8 Å². The molecule has 6 aromatic rings. The molecule has 0 spiro atoms. The monoisotopic (exact) mass is 1120 g/mol. The predicted octanol–water partition coefficient (Wildman–Crippen LogP) is 20.1. The first-order valence-electron chi connectivity index (χ1n) is 29.9. The van der Waals surface area contributed by atoms with Crippen LogP contribution in [-0.2, 0) is 10.8 Å². The molecule has 0 N–H and O–H groups in total. The van der Waals surface area contributed by atoms with Crippen molar-refractivity contribution in [3.8, 4) is 22.3 Å². The number of rotatable bonds is 32. The summed E-state index contributed by atoms with van der Waals surface area (Å²) in [6.07, 6.45) is 36.3. The molecule has 73 heavy (non-hydrogen) atoms. The summed E-state index contributed by atoms with van der Waals surface area (Å²) >= 11 is 8.19. The van der Waals surface area contributed by atoms with Crippen molar-refractivity contribution < 1.29 is 0 Å². The zero-order valence-corrected chi connectivity index (χ0v) is 49.9. The number of fused-ring (bicyclic) bond motifs is 6. The summed E-state index contributed by atoms with van der Waals surface area (Å²) in [6, 6.07) is 54.4. The number of halogens is 2. The number of hydrogen-bond acceptors (Lipinski definition) is 0. The maximum atomic E-state index is 4.10. The van der Waals surface area contributed by atoms with E-state index in [0.717, 1.165) is 0 Å². The fourth-order valence-corrected chi connectivity index (χ4v) is 20.4. The maximum absolute atomic E-state index is 4.10. The lowest BCUT2D eigenvalue weighted by Gasteiger charge is -2.44. The van der Waals surface area contributed by atoms with E-state index in [0.29, 0.717) is 0 Å². The van der Waals surface area contributed by atoms with Gasteiger partial charge in [-0.15, -0.1) is 0 Å². The van der Waals surface area contributed by atoms with Crippen LogP contribution in [0.4, 0.5) is 0 Å². The summed E-state index contributed by atoms with van der Waals surface area (Å²) in [5.41, 5.74) is 12.2. The largest absolute Gasteiger partial charge is 0.180 e.